The molecule has 20 heavy (non-hydrogen) atoms. The molecule has 5 nitrogen and oxygen atoms in total. The van der Waals surface area contributed by atoms with Crippen LogP contribution in [-0.4, -0.2) is 55.2 Å². The first-order chi connectivity index (χ1) is 9.75. The third kappa shape index (κ3) is 4.90. The van der Waals surface area contributed by atoms with Gasteiger partial charge in [0.05, 0.1) is 13.2 Å². The van der Waals surface area contributed by atoms with Crippen LogP contribution in [0.15, 0.2) is 24.5 Å². The Labute approximate surface area is 120 Å². The van der Waals surface area contributed by atoms with E-state index < -0.39 is 0 Å². The van der Waals surface area contributed by atoms with E-state index >= 15 is 0 Å². The molecule has 0 aliphatic carbocycles. The van der Waals surface area contributed by atoms with Crippen LogP contribution in [-0.2, 0) is 9.53 Å². The second kappa shape index (κ2) is 7.97. The van der Waals surface area contributed by atoms with Gasteiger partial charge >= 0.3 is 0 Å². The summed E-state index contributed by atoms with van der Waals surface area (Å²) in [5.41, 5.74) is 1.11. The van der Waals surface area contributed by atoms with Gasteiger partial charge in [-0.25, -0.2) is 0 Å². The topological polar surface area (TPSA) is 54.5 Å². The highest BCUT2D eigenvalue weighted by Gasteiger charge is 2.13. The van der Waals surface area contributed by atoms with Crippen LogP contribution in [0, 0.1) is 0 Å². The molecule has 1 atom stereocenters. The van der Waals surface area contributed by atoms with E-state index in [4.69, 9.17) is 4.74 Å². The van der Waals surface area contributed by atoms with Gasteiger partial charge in [0.15, 0.2) is 0 Å². The van der Waals surface area contributed by atoms with Gasteiger partial charge in [-0.15, -0.1) is 0 Å². The molecule has 1 fully saturated rings. The lowest BCUT2D eigenvalue weighted by atomic mass is 9.99. The molecule has 2 rings (SSSR count). The largest absolute Gasteiger partial charge is 0.379 e. The summed E-state index contributed by atoms with van der Waals surface area (Å²) in [4.78, 5) is 18.3. The fourth-order valence-corrected chi connectivity index (χ4v) is 2.31. The fraction of sp³-hybridized carbons (Fsp3) is 0.600. The number of nitrogens with one attached hydrogen (secondary N) is 1. The van der Waals surface area contributed by atoms with Gasteiger partial charge in [0, 0.05) is 45.0 Å². The van der Waals surface area contributed by atoms with Crippen LogP contribution in [0.3, 0.4) is 0 Å². The van der Waals surface area contributed by atoms with Crippen molar-refractivity contribution >= 4 is 5.91 Å². The molecule has 1 N–H and O–H groups in total. The Bertz CT molecular complexity index is 405. The Morgan fingerprint density at radius 1 is 1.50 bits per heavy atom. The van der Waals surface area contributed by atoms with Crippen LogP contribution in [0.4, 0.5) is 0 Å². The minimum atomic E-state index is 0.106. The van der Waals surface area contributed by atoms with Crippen LogP contribution < -0.4 is 5.32 Å². The zero-order valence-electron chi connectivity index (χ0n) is 12.0. The summed E-state index contributed by atoms with van der Waals surface area (Å²) in [7, 11) is 0. The van der Waals surface area contributed by atoms with E-state index in [0.717, 1.165) is 38.4 Å². The van der Waals surface area contributed by atoms with Crippen molar-refractivity contribution in [1.29, 1.82) is 0 Å². The van der Waals surface area contributed by atoms with E-state index in [1.165, 1.54) is 0 Å². The molecular weight excluding hydrogens is 254 g/mol. The molecule has 5 heteroatoms. The molecule has 0 radical (unpaired) electrons. The first-order valence-corrected chi connectivity index (χ1v) is 7.22. The van der Waals surface area contributed by atoms with Crippen molar-refractivity contribution in [2.45, 2.75) is 19.3 Å². The smallest absolute Gasteiger partial charge is 0.220 e. The molecule has 1 aromatic heterocycles. The zero-order valence-corrected chi connectivity index (χ0v) is 12.0. The summed E-state index contributed by atoms with van der Waals surface area (Å²) in [6.45, 7) is 7.18. The Balaban J connectivity index is 1.65. The first-order valence-electron chi connectivity index (χ1n) is 7.22. The zero-order chi connectivity index (χ0) is 14.2. The average Bonchev–Trinajstić information content (AvgIpc) is 2.49. The highest BCUT2D eigenvalue weighted by Crippen LogP contribution is 2.16. The van der Waals surface area contributed by atoms with Gasteiger partial charge < -0.3 is 10.1 Å². The lowest BCUT2D eigenvalue weighted by molar-refractivity contribution is -0.121. The van der Waals surface area contributed by atoms with Crippen molar-refractivity contribution in [2.75, 3.05) is 39.4 Å². The second-order valence-electron chi connectivity index (χ2n) is 5.20. The molecule has 1 amide bonds. The molecule has 0 saturated carbocycles. The summed E-state index contributed by atoms with van der Waals surface area (Å²) >= 11 is 0. The molecule has 1 unspecified atom stereocenters. The number of aromatic nitrogens is 1. The van der Waals surface area contributed by atoms with E-state index in [2.05, 4.69) is 22.1 Å². The number of rotatable bonds is 6. The van der Waals surface area contributed by atoms with Crippen molar-refractivity contribution in [3.05, 3.63) is 30.1 Å². The highest BCUT2D eigenvalue weighted by molar-refractivity contribution is 5.76. The quantitative estimate of drug-likeness (QED) is 0.843. The predicted octanol–water partition coefficient (Wildman–Crippen LogP) is 1.02. The lowest BCUT2D eigenvalue weighted by Crippen LogP contribution is -2.41. The van der Waals surface area contributed by atoms with Crippen molar-refractivity contribution < 1.29 is 9.53 Å². The number of hydrogen-bond donors (Lipinski definition) is 1. The van der Waals surface area contributed by atoms with Gasteiger partial charge in [0.25, 0.3) is 0 Å². The van der Waals surface area contributed by atoms with E-state index in [1.54, 1.807) is 6.20 Å². The van der Waals surface area contributed by atoms with Crippen LogP contribution in [0.25, 0.3) is 0 Å². The van der Waals surface area contributed by atoms with Crippen molar-refractivity contribution in [2.24, 2.45) is 0 Å². The molecule has 1 saturated heterocycles. The monoisotopic (exact) mass is 277 g/mol. The van der Waals surface area contributed by atoms with Gasteiger partial charge in [0.1, 0.15) is 0 Å². The van der Waals surface area contributed by atoms with Gasteiger partial charge in [-0.05, 0) is 17.5 Å². The van der Waals surface area contributed by atoms with E-state index in [1.807, 2.05) is 18.3 Å². The van der Waals surface area contributed by atoms with Crippen molar-refractivity contribution in [3.63, 3.8) is 0 Å². The van der Waals surface area contributed by atoms with Crippen molar-refractivity contribution in [1.82, 2.24) is 15.2 Å². The van der Waals surface area contributed by atoms with Crippen LogP contribution in [0.5, 0.6) is 0 Å². The number of morpholine rings is 1. The molecular formula is C15H23N3O2. The number of carbonyl (C=O) groups excluding carboxylic acids is 1. The van der Waals surface area contributed by atoms with Crippen LogP contribution in [0.1, 0.15) is 24.8 Å². The summed E-state index contributed by atoms with van der Waals surface area (Å²) in [6, 6.07) is 3.92. The van der Waals surface area contributed by atoms with E-state index in [0.29, 0.717) is 13.0 Å². The molecule has 110 valence electrons. The molecule has 1 aliphatic rings. The standard InChI is InChI=1S/C15H23N3O2/c1-13(14-3-2-4-16-12-14)11-15(19)17-5-6-18-7-9-20-10-8-18/h2-4,12-13H,5-11H2,1H3,(H,17,19). The van der Waals surface area contributed by atoms with Crippen molar-refractivity contribution in [3.8, 4) is 0 Å². The maximum Gasteiger partial charge on any atom is 0.220 e. The number of pyridine rings is 1. The third-order valence-electron chi connectivity index (χ3n) is 3.60. The molecule has 0 spiro atoms. The highest BCUT2D eigenvalue weighted by atomic mass is 16.5. The Morgan fingerprint density at radius 3 is 3.00 bits per heavy atom. The van der Waals surface area contributed by atoms with Gasteiger partial charge in [-0.1, -0.05) is 13.0 Å². The normalized spacial score (nSPS) is 17.6. The predicted molar refractivity (Wildman–Crippen MR) is 77.5 cm³/mol. The second-order valence-corrected chi connectivity index (χ2v) is 5.20. The van der Waals surface area contributed by atoms with Gasteiger partial charge in [0.2, 0.25) is 5.91 Å². The van der Waals surface area contributed by atoms with E-state index in [9.17, 15) is 4.79 Å². The summed E-state index contributed by atoms with van der Waals surface area (Å²) in [5.74, 6) is 0.307. The molecule has 2 heterocycles. The summed E-state index contributed by atoms with van der Waals surface area (Å²) in [5, 5.41) is 2.99. The molecule has 1 aliphatic heterocycles. The first kappa shape index (κ1) is 14.9. The molecule has 0 aromatic carbocycles. The number of ether oxygens (including phenoxy) is 1. The number of carbonyl (C=O) groups is 1. The minimum Gasteiger partial charge on any atom is -0.379 e. The summed E-state index contributed by atoms with van der Waals surface area (Å²) in [6.07, 6.45) is 4.08. The summed E-state index contributed by atoms with van der Waals surface area (Å²) < 4.78 is 5.29. The fourth-order valence-electron chi connectivity index (χ4n) is 2.31. The minimum absolute atomic E-state index is 0.106. The number of hydrogen-bond acceptors (Lipinski definition) is 4. The Kier molecular flexibility index (Phi) is 5.95. The van der Waals surface area contributed by atoms with E-state index in [-0.39, 0.29) is 11.8 Å². The van der Waals surface area contributed by atoms with Gasteiger partial charge in [-0.2, -0.15) is 0 Å². The SMILES string of the molecule is CC(CC(=O)NCCN1CCOCC1)c1cccnc1. The Morgan fingerprint density at radius 2 is 2.30 bits per heavy atom. The maximum atomic E-state index is 11.9. The lowest BCUT2D eigenvalue weighted by Gasteiger charge is -2.26. The van der Waals surface area contributed by atoms with Crippen LogP contribution >= 0.6 is 0 Å². The Hall–Kier alpha value is -1.46. The molecule has 0 bridgehead atoms. The average molecular weight is 277 g/mol. The number of amides is 1. The van der Waals surface area contributed by atoms with Gasteiger partial charge in [-0.3, -0.25) is 14.7 Å². The number of nitrogens with zero attached hydrogens (tertiary/aromatic N) is 2. The molecule has 1 aromatic rings. The van der Waals surface area contributed by atoms with Crippen LogP contribution in [0.2, 0.25) is 0 Å². The maximum absolute atomic E-state index is 11.9. The third-order valence-corrected chi connectivity index (χ3v) is 3.60.